The predicted molar refractivity (Wildman–Crippen MR) is 76.3 cm³/mol. The number of hydrogen-bond donors (Lipinski definition) is 0. The van der Waals surface area contributed by atoms with Crippen LogP contribution >= 0.6 is 11.6 Å². The molecule has 2 aromatic rings. The molecule has 3 rings (SSSR count). The van der Waals surface area contributed by atoms with Crippen LogP contribution in [0.1, 0.15) is 27.0 Å². The number of rotatable bonds is 1. The summed E-state index contributed by atoms with van der Waals surface area (Å²) in [5.74, 6) is 0.726. The summed E-state index contributed by atoms with van der Waals surface area (Å²) in [6.45, 7) is 3.86. The minimum Gasteiger partial charge on any atom is -0.497 e. The van der Waals surface area contributed by atoms with Crippen LogP contribution in [0.4, 0.5) is 0 Å². The highest BCUT2D eigenvalue weighted by Gasteiger charge is 2.30. The molecule has 2 nitrogen and oxygen atoms in total. The molecule has 19 heavy (non-hydrogen) atoms. The lowest BCUT2D eigenvalue weighted by atomic mass is 9.99. The number of fused-ring (bicyclic) bond motifs is 3. The van der Waals surface area contributed by atoms with Gasteiger partial charge in [-0.15, -0.1) is 0 Å². The van der Waals surface area contributed by atoms with Gasteiger partial charge in [0.15, 0.2) is 5.78 Å². The SMILES string of the molecule is COc1ccc2c(c1)C(=O)c1c-2cc(C)c(Cl)c1C. The maximum atomic E-state index is 12.5. The number of ketones is 1. The molecule has 1 aliphatic rings. The second-order valence-corrected chi connectivity index (χ2v) is 5.17. The van der Waals surface area contributed by atoms with E-state index in [0.717, 1.165) is 27.8 Å². The van der Waals surface area contributed by atoms with E-state index in [0.29, 0.717) is 16.3 Å². The molecule has 0 saturated heterocycles. The van der Waals surface area contributed by atoms with Crippen molar-refractivity contribution in [2.24, 2.45) is 0 Å². The lowest BCUT2D eigenvalue weighted by Gasteiger charge is -2.08. The fourth-order valence-corrected chi connectivity index (χ4v) is 2.82. The van der Waals surface area contributed by atoms with Crippen LogP contribution in [-0.2, 0) is 0 Å². The molecule has 0 spiro atoms. The Bertz CT molecular complexity index is 717. The number of aryl methyl sites for hydroxylation is 1. The number of ether oxygens (including phenoxy) is 1. The fourth-order valence-electron chi connectivity index (χ4n) is 2.67. The van der Waals surface area contributed by atoms with Crippen molar-refractivity contribution in [3.63, 3.8) is 0 Å². The largest absolute Gasteiger partial charge is 0.497 e. The molecule has 1 aliphatic carbocycles. The van der Waals surface area contributed by atoms with Gasteiger partial charge < -0.3 is 4.74 Å². The summed E-state index contributed by atoms with van der Waals surface area (Å²) in [6, 6.07) is 7.59. The van der Waals surface area contributed by atoms with Crippen molar-refractivity contribution in [2.75, 3.05) is 7.11 Å². The van der Waals surface area contributed by atoms with Gasteiger partial charge >= 0.3 is 0 Å². The molecule has 96 valence electrons. The van der Waals surface area contributed by atoms with E-state index in [2.05, 4.69) is 0 Å². The number of carbonyl (C=O) groups is 1. The number of benzene rings is 2. The first kappa shape index (κ1) is 12.2. The Balaban J connectivity index is 2.34. The third-order valence-electron chi connectivity index (χ3n) is 3.67. The lowest BCUT2D eigenvalue weighted by molar-refractivity contribution is 0.104. The van der Waals surface area contributed by atoms with Gasteiger partial charge in [-0.25, -0.2) is 0 Å². The van der Waals surface area contributed by atoms with Crippen molar-refractivity contribution in [1.82, 2.24) is 0 Å². The van der Waals surface area contributed by atoms with Crippen LogP contribution in [0.25, 0.3) is 11.1 Å². The Morgan fingerprint density at radius 1 is 1.05 bits per heavy atom. The van der Waals surface area contributed by atoms with Crippen molar-refractivity contribution >= 4 is 17.4 Å². The molecule has 2 aromatic carbocycles. The molecular formula is C16H13ClO2. The maximum absolute atomic E-state index is 12.5. The fraction of sp³-hybridized carbons (Fsp3) is 0.188. The zero-order valence-electron chi connectivity index (χ0n) is 11.0. The third-order valence-corrected chi connectivity index (χ3v) is 4.25. The van der Waals surface area contributed by atoms with E-state index in [1.807, 2.05) is 32.0 Å². The molecule has 3 heteroatoms. The van der Waals surface area contributed by atoms with Gasteiger partial charge in [0.25, 0.3) is 0 Å². The number of halogens is 1. The Kier molecular flexibility index (Phi) is 2.64. The Labute approximate surface area is 117 Å². The Morgan fingerprint density at radius 3 is 2.47 bits per heavy atom. The van der Waals surface area contributed by atoms with Gasteiger partial charge in [0.2, 0.25) is 0 Å². The molecule has 0 unspecified atom stereocenters. The molecule has 0 heterocycles. The van der Waals surface area contributed by atoms with E-state index in [1.54, 1.807) is 13.2 Å². The van der Waals surface area contributed by atoms with E-state index in [4.69, 9.17) is 16.3 Å². The lowest BCUT2D eigenvalue weighted by Crippen LogP contribution is -1.99. The molecular weight excluding hydrogens is 260 g/mol. The molecule has 0 saturated carbocycles. The van der Waals surface area contributed by atoms with E-state index in [1.165, 1.54) is 0 Å². The molecule has 0 amide bonds. The van der Waals surface area contributed by atoms with Crippen molar-refractivity contribution in [1.29, 1.82) is 0 Å². The first-order chi connectivity index (χ1) is 9.04. The first-order valence-electron chi connectivity index (χ1n) is 6.07. The van der Waals surface area contributed by atoms with E-state index >= 15 is 0 Å². The first-order valence-corrected chi connectivity index (χ1v) is 6.45. The van der Waals surface area contributed by atoms with E-state index in [-0.39, 0.29) is 5.78 Å². The average Bonchev–Trinajstić information content (AvgIpc) is 2.69. The van der Waals surface area contributed by atoms with E-state index < -0.39 is 0 Å². The van der Waals surface area contributed by atoms with Crippen LogP contribution in [0, 0.1) is 13.8 Å². The molecule has 0 aliphatic heterocycles. The highest BCUT2D eigenvalue weighted by atomic mass is 35.5. The molecule has 0 bridgehead atoms. The number of carbonyl (C=O) groups excluding carboxylic acids is 1. The molecule has 0 radical (unpaired) electrons. The topological polar surface area (TPSA) is 26.3 Å². The minimum atomic E-state index is 0.0308. The summed E-state index contributed by atoms with van der Waals surface area (Å²) in [6.07, 6.45) is 0. The standard InChI is InChI=1S/C16H13ClO2/c1-8-6-12-11-5-4-10(19-3)7-13(11)16(18)14(12)9(2)15(8)17/h4-7H,1-3H3. The summed E-state index contributed by atoms with van der Waals surface area (Å²) < 4.78 is 5.19. The van der Waals surface area contributed by atoms with Gasteiger partial charge in [-0.2, -0.15) is 0 Å². The second-order valence-electron chi connectivity index (χ2n) is 4.80. The van der Waals surface area contributed by atoms with Gasteiger partial charge in [-0.3, -0.25) is 4.79 Å². The highest BCUT2D eigenvalue weighted by molar-refractivity contribution is 6.34. The highest BCUT2D eigenvalue weighted by Crippen LogP contribution is 2.42. The van der Waals surface area contributed by atoms with Crippen LogP contribution in [0.5, 0.6) is 5.75 Å². The number of hydrogen-bond acceptors (Lipinski definition) is 2. The Morgan fingerprint density at radius 2 is 1.79 bits per heavy atom. The summed E-state index contributed by atoms with van der Waals surface area (Å²) in [4.78, 5) is 12.5. The smallest absolute Gasteiger partial charge is 0.194 e. The van der Waals surface area contributed by atoms with Crippen LogP contribution < -0.4 is 4.74 Å². The predicted octanol–water partition coefficient (Wildman–Crippen LogP) is 4.18. The third kappa shape index (κ3) is 1.60. The van der Waals surface area contributed by atoms with Crippen molar-refractivity contribution < 1.29 is 9.53 Å². The van der Waals surface area contributed by atoms with Gasteiger partial charge in [0.1, 0.15) is 5.75 Å². The average molecular weight is 273 g/mol. The van der Waals surface area contributed by atoms with E-state index in [9.17, 15) is 4.79 Å². The zero-order chi connectivity index (χ0) is 13.7. The summed E-state index contributed by atoms with van der Waals surface area (Å²) in [5, 5.41) is 0.673. The number of methoxy groups -OCH3 is 1. The summed E-state index contributed by atoms with van der Waals surface area (Å²) >= 11 is 6.25. The van der Waals surface area contributed by atoms with Crippen LogP contribution in [-0.4, -0.2) is 12.9 Å². The molecule has 0 atom stereocenters. The van der Waals surface area contributed by atoms with Gasteiger partial charge in [0, 0.05) is 16.1 Å². The van der Waals surface area contributed by atoms with Gasteiger partial charge in [-0.05, 0) is 60.4 Å². The van der Waals surface area contributed by atoms with Crippen LogP contribution in [0.15, 0.2) is 24.3 Å². The molecule has 0 aromatic heterocycles. The quantitative estimate of drug-likeness (QED) is 0.664. The zero-order valence-corrected chi connectivity index (χ0v) is 11.8. The normalized spacial score (nSPS) is 12.3. The van der Waals surface area contributed by atoms with Crippen molar-refractivity contribution in [2.45, 2.75) is 13.8 Å². The molecule has 0 fully saturated rings. The monoisotopic (exact) mass is 272 g/mol. The molecule has 0 N–H and O–H groups in total. The summed E-state index contributed by atoms with van der Waals surface area (Å²) in [5.41, 5.74) is 5.20. The van der Waals surface area contributed by atoms with Crippen LogP contribution in [0.3, 0.4) is 0 Å². The summed E-state index contributed by atoms with van der Waals surface area (Å²) in [7, 11) is 1.60. The van der Waals surface area contributed by atoms with Gasteiger partial charge in [0.05, 0.1) is 7.11 Å². The van der Waals surface area contributed by atoms with Crippen molar-refractivity contribution in [3.8, 4) is 16.9 Å². The van der Waals surface area contributed by atoms with Gasteiger partial charge in [-0.1, -0.05) is 11.6 Å². The maximum Gasteiger partial charge on any atom is 0.194 e. The van der Waals surface area contributed by atoms with Crippen LogP contribution in [0.2, 0.25) is 5.02 Å². The Hall–Kier alpha value is -1.80. The van der Waals surface area contributed by atoms with Crippen molar-refractivity contribution in [3.05, 3.63) is 51.5 Å². The second kappa shape index (κ2) is 4.10. The minimum absolute atomic E-state index is 0.0308.